The minimum atomic E-state index is -0.912. The van der Waals surface area contributed by atoms with E-state index < -0.39 is 11.9 Å². The molecule has 0 aromatic heterocycles. The van der Waals surface area contributed by atoms with Gasteiger partial charge in [0.2, 0.25) is 5.91 Å². The summed E-state index contributed by atoms with van der Waals surface area (Å²) in [6, 6.07) is 6.89. The van der Waals surface area contributed by atoms with Crippen molar-refractivity contribution in [2.45, 2.75) is 19.3 Å². The van der Waals surface area contributed by atoms with Crippen LogP contribution >= 0.6 is 0 Å². The average Bonchev–Trinajstić information content (AvgIpc) is 2.45. The molecule has 0 saturated carbocycles. The number of esters is 1. The molecular weight excluding hydrogens is 274 g/mol. The molecule has 0 bridgehead atoms. The number of methoxy groups -OCH3 is 1. The molecule has 112 valence electrons. The third kappa shape index (κ3) is 6.91. The molecule has 0 spiro atoms. The van der Waals surface area contributed by atoms with Crippen molar-refractivity contribution in [3.8, 4) is 0 Å². The van der Waals surface area contributed by atoms with Gasteiger partial charge in [-0.25, -0.2) is 4.79 Å². The SMILES string of the molecule is COC(=O)/C=C/c1ccc(NC(=O)CCCC(=O)O)cc1. The molecule has 6 nitrogen and oxygen atoms in total. The van der Waals surface area contributed by atoms with Crippen molar-refractivity contribution in [3.05, 3.63) is 35.9 Å². The number of carboxylic acids is 1. The Bertz CT molecular complexity index is 533. The number of benzene rings is 1. The van der Waals surface area contributed by atoms with Gasteiger partial charge in [0.15, 0.2) is 0 Å². The van der Waals surface area contributed by atoms with Gasteiger partial charge in [0, 0.05) is 24.6 Å². The number of rotatable bonds is 7. The van der Waals surface area contributed by atoms with Gasteiger partial charge in [-0.05, 0) is 30.2 Å². The topological polar surface area (TPSA) is 92.7 Å². The quantitative estimate of drug-likeness (QED) is 0.592. The highest BCUT2D eigenvalue weighted by atomic mass is 16.5. The molecule has 0 radical (unpaired) electrons. The Morgan fingerprint density at radius 3 is 2.43 bits per heavy atom. The van der Waals surface area contributed by atoms with E-state index in [2.05, 4.69) is 10.1 Å². The van der Waals surface area contributed by atoms with Crippen molar-refractivity contribution in [2.75, 3.05) is 12.4 Å². The standard InChI is InChI=1S/C15H17NO5/c1-21-15(20)10-7-11-5-8-12(9-6-11)16-13(17)3-2-4-14(18)19/h5-10H,2-4H2,1H3,(H,16,17)(H,18,19)/b10-7+. The van der Waals surface area contributed by atoms with Gasteiger partial charge in [0.05, 0.1) is 7.11 Å². The zero-order chi connectivity index (χ0) is 15.7. The molecule has 0 fully saturated rings. The van der Waals surface area contributed by atoms with Crippen LogP contribution in [0.1, 0.15) is 24.8 Å². The number of nitrogens with one attached hydrogen (secondary N) is 1. The van der Waals surface area contributed by atoms with Gasteiger partial charge in [-0.3, -0.25) is 9.59 Å². The number of carbonyl (C=O) groups excluding carboxylic acids is 2. The molecular formula is C15H17NO5. The maximum Gasteiger partial charge on any atom is 0.330 e. The predicted octanol–water partition coefficient (Wildman–Crippen LogP) is 2.07. The summed E-state index contributed by atoms with van der Waals surface area (Å²) in [5, 5.41) is 11.2. The predicted molar refractivity (Wildman–Crippen MR) is 77.6 cm³/mol. The van der Waals surface area contributed by atoms with E-state index in [1.165, 1.54) is 13.2 Å². The summed E-state index contributed by atoms with van der Waals surface area (Å²) in [4.78, 5) is 32.8. The summed E-state index contributed by atoms with van der Waals surface area (Å²) < 4.78 is 4.48. The Hall–Kier alpha value is -2.63. The Kier molecular flexibility index (Phi) is 6.67. The number of hydrogen-bond donors (Lipinski definition) is 2. The van der Waals surface area contributed by atoms with Crippen LogP contribution in [-0.4, -0.2) is 30.1 Å². The number of anilines is 1. The van der Waals surface area contributed by atoms with Gasteiger partial charge in [-0.1, -0.05) is 12.1 Å². The van der Waals surface area contributed by atoms with Crippen LogP contribution in [0, 0.1) is 0 Å². The number of hydrogen-bond acceptors (Lipinski definition) is 4. The number of amides is 1. The van der Waals surface area contributed by atoms with Crippen molar-refractivity contribution < 1.29 is 24.2 Å². The molecule has 0 aliphatic heterocycles. The molecule has 6 heteroatoms. The summed E-state index contributed by atoms with van der Waals surface area (Å²) in [7, 11) is 1.30. The lowest BCUT2D eigenvalue weighted by atomic mass is 10.2. The smallest absolute Gasteiger partial charge is 0.330 e. The van der Waals surface area contributed by atoms with E-state index in [1.54, 1.807) is 30.3 Å². The zero-order valence-electron chi connectivity index (χ0n) is 11.7. The fourth-order valence-corrected chi connectivity index (χ4v) is 1.53. The number of carboxylic acid groups (broad SMARTS) is 1. The molecule has 21 heavy (non-hydrogen) atoms. The normalized spacial score (nSPS) is 10.3. The van der Waals surface area contributed by atoms with Gasteiger partial charge < -0.3 is 15.2 Å². The highest BCUT2D eigenvalue weighted by molar-refractivity contribution is 5.91. The summed E-state index contributed by atoms with van der Waals surface area (Å²) >= 11 is 0. The largest absolute Gasteiger partial charge is 0.481 e. The van der Waals surface area contributed by atoms with E-state index in [1.807, 2.05) is 0 Å². The summed E-state index contributed by atoms with van der Waals surface area (Å²) in [5.74, 6) is -1.58. The Morgan fingerprint density at radius 2 is 1.86 bits per heavy atom. The first-order valence-corrected chi connectivity index (χ1v) is 6.39. The van der Waals surface area contributed by atoms with Crippen LogP contribution < -0.4 is 5.32 Å². The second kappa shape index (κ2) is 8.52. The molecule has 1 aromatic rings. The van der Waals surface area contributed by atoms with Crippen LogP contribution in [0.3, 0.4) is 0 Å². The first-order valence-electron chi connectivity index (χ1n) is 6.39. The van der Waals surface area contributed by atoms with Crippen molar-refractivity contribution in [1.82, 2.24) is 0 Å². The van der Waals surface area contributed by atoms with Crippen LogP contribution in [0.5, 0.6) is 0 Å². The molecule has 1 amide bonds. The highest BCUT2D eigenvalue weighted by Gasteiger charge is 2.04. The van der Waals surface area contributed by atoms with Gasteiger partial charge in [-0.15, -0.1) is 0 Å². The lowest BCUT2D eigenvalue weighted by Crippen LogP contribution is -2.11. The Morgan fingerprint density at radius 1 is 1.19 bits per heavy atom. The van der Waals surface area contributed by atoms with E-state index in [9.17, 15) is 14.4 Å². The summed E-state index contributed by atoms with van der Waals surface area (Å²) in [6.07, 6.45) is 3.35. The number of ether oxygens (including phenoxy) is 1. The van der Waals surface area contributed by atoms with Crippen molar-refractivity contribution in [3.63, 3.8) is 0 Å². The lowest BCUT2D eigenvalue weighted by Gasteiger charge is -2.05. The fourth-order valence-electron chi connectivity index (χ4n) is 1.53. The maximum absolute atomic E-state index is 11.6. The molecule has 1 rings (SSSR count). The molecule has 0 aliphatic rings. The fraction of sp³-hybridized carbons (Fsp3) is 0.267. The van der Waals surface area contributed by atoms with Crippen LogP contribution in [-0.2, 0) is 19.1 Å². The Balaban J connectivity index is 2.47. The van der Waals surface area contributed by atoms with E-state index in [0.717, 1.165) is 5.56 Å². The van der Waals surface area contributed by atoms with Gasteiger partial charge >= 0.3 is 11.9 Å². The molecule has 1 aromatic carbocycles. The number of aliphatic carboxylic acids is 1. The van der Waals surface area contributed by atoms with Gasteiger partial charge in [0.25, 0.3) is 0 Å². The van der Waals surface area contributed by atoms with Crippen molar-refractivity contribution in [2.24, 2.45) is 0 Å². The summed E-state index contributed by atoms with van der Waals surface area (Å²) in [5.41, 5.74) is 1.41. The molecule has 0 heterocycles. The molecule has 0 atom stereocenters. The maximum atomic E-state index is 11.6. The average molecular weight is 291 g/mol. The first kappa shape index (κ1) is 16.4. The van der Waals surface area contributed by atoms with E-state index >= 15 is 0 Å². The molecule has 2 N–H and O–H groups in total. The third-order valence-electron chi connectivity index (χ3n) is 2.60. The zero-order valence-corrected chi connectivity index (χ0v) is 11.7. The minimum absolute atomic E-state index is 0.0231. The van der Waals surface area contributed by atoms with Crippen LogP contribution in [0.25, 0.3) is 6.08 Å². The van der Waals surface area contributed by atoms with Crippen LogP contribution in [0.4, 0.5) is 5.69 Å². The minimum Gasteiger partial charge on any atom is -0.481 e. The van der Waals surface area contributed by atoms with Crippen molar-refractivity contribution >= 4 is 29.6 Å². The van der Waals surface area contributed by atoms with E-state index in [-0.39, 0.29) is 18.7 Å². The van der Waals surface area contributed by atoms with Crippen LogP contribution in [0.2, 0.25) is 0 Å². The van der Waals surface area contributed by atoms with Crippen molar-refractivity contribution in [1.29, 1.82) is 0 Å². The van der Waals surface area contributed by atoms with Gasteiger partial charge in [-0.2, -0.15) is 0 Å². The number of carbonyl (C=O) groups is 3. The van der Waals surface area contributed by atoms with Gasteiger partial charge in [0.1, 0.15) is 0 Å². The molecule has 0 saturated heterocycles. The summed E-state index contributed by atoms with van der Waals surface area (Å²) in [6.45, 7) is 0. The van der Waals surface area contributed by atoms with Crippen LogP contribution in [0.15, 0.2) is 30.3 Å². The molecule has 0 unspecified atom stereocenters. The third-order valence-corrected chi connectivity index (χ3v) is 2.60. The molecule has 0 aliphatic carbocycles. The second-order valence-corrected chi connectivity index (χ2v) is 4.27. The second-order valence-electron chi connectivity index (χ2n) is 4.27. The van der Waals surface area contributed by atoms with E-state index in [4.69, 9.17) is 5.11 Å². The first-order chi connectivity index (χ1) is 10.0. The lowest BCUT2D eigenvalue weighted by molar-refractivity contribution is -0.137. The Labute approximate surface area is 122 Å². The monoisotopic (exact) mass is 291 g/mol. The highest BCUT2D eigenvalue weighted by Crippen LogP contribution is 2.11. The van der Waals surface area contributed by atoms with E-state index in [0.29, 0.717) is 12.1 Å².